The number of anilines is 1. The van der Waals surface area contributed by atoms with Gasteiger partial charge in [0.05, 0.1) is 0 Å². The summed E-state index contributed by atoms with van der Waals surface area (Å²) in [7, 11) is 0. The summed E-state index contributed by atoms with van der Waals surface area (Å²) in [5.41, 5.74) is 8.33. The summed E-state index contributed by atoms with van der Waals surface area (Å²) in [6.07, 6.45) is 0. The number of nitrogens with two attached hydrogens (primary N) is 1. The Morgan fingerprint density at radius 3 is 1.94 bits per heavy atom. The zero-order valence-corrected chi connectivity index (χ0v) is 11.8. The van der Waals surface area contributed by atoms with Crippen molar-refractivity contribution >= 4 is 5.69 Å². The van der Waals surface area contributed by atoms with Crippen LogP contribution in [-0.2, 0) is 5.41 Å². The Hall–Kier alpha value is -1.02. The molecule has 0 aliphatic carbocycles. The number of nitrogen functional groups attached to an aromatic ring is 1. The van der Waals surface area contributed by atoms with E-state index in [2.05, 4.69) is 52.1 Å². The van der Waals surface area contributed by atoms with E-state index >= 15 is 0 Å². The summed E-state index contributed by atoms with van der Waals surface area (Å²) in [5, 5.41) is 3.55. The molecule has 1 aromatic rings. The molecule has 0 aliphatic heterocycles. The fourth-order valence-electron chi connectivity index (χ4n) is 1.79. The van der Waals surface area contributed by atoms with Gasteiger partial charge in [-0.05, 0) is 23.1 Å². The van der Waals surface area contributed by atoms with Gasteiger partial charge in [0.25, 0.3) is 0 Å². The summed E-state index contributed by atoms with van der Waals surface area (Å²) in [6.45, 7) is 13.3. The maximum absolute atomic E-state index is 5.71. The molecule has 2 nitrogen and oxygen atoms in total. The van der Waals surface area contributed by atoms with E-state index in [4.69, 9.17) is 5.73 Å². The Kier molecular flexibility index (Phi) is 4.21. The van der Waals surface area contributed by atoms with Crippen molar-refractivity contribution in [1.29, 1.82) is 0 Å². The Labute approximate surface area is 106 Å². The third-order valence-corrected chi connectivity index (χ3v) is 2.91. The van der Waals surface area contributed by atoms with E-state index in [0.29, 0.717) is 5.41 Å². The van der Waals surface area contributed by atoms with Crippen molar-refractivity contribution in [2.75, 3.05) is 18.8 Å². The molecule has 0 aliphatic rings. The number of hydrogen-bond donors (Lipinski definition) is 2. The third-order valence-electron chi connectivity index (χ3n) is 2.91. The van der Waals surface area contributed by atoms with Gasteiger partial charge in [0.2, 0.25) is 0 Å². The zero-order valence-electron chi connectivity index (χ0n) is 11.8. The summed E-state index contributed by atoms with van der Waals surface area (Å²) >= 11 is 0. The van der Waals surface area contributed by atoms with E-state index in [9.17, 15) is 0 Å². The van der Waals surface area contributed by atoms with Crippen LogP contribution in [0.3, 0.4) is 0 Å². The monoisotopic (exact) mass is 234 g/mol. The molecule has 96 valence electrons. The SMILES string of the molecule is CC(C)(C)CNCC(C)(C)c1ccc(N)cc1. The van der Waals surface area contributed by atoms with Crippen LogP contribution in [0.15, 0.2) is 24.3 Å². The summed E-state index contributed by atoms with van der Waals surface area (Å²) < 4.78 is 0. The highest BCUT2D eigenvalue weighted by Gasteiger charge is 2.21. The van der Waals surface area contributed by atoms with E-state index in [1.165, 1.54) is 5.56 Å². The molecule has 0 saturated heterocycles. The lowest BCUT2D eigenvalue weighted by Crippen LogP contribution is -2.37. The van der Waals surface area contributed by atoms with Crippen LogP contribution in [0.25, 0.3) is 0 Å². The van der Waals surface area contributed by atoms with E-state index in [0.717, 1.165) is 18.8 Å². The maximum atomic E-state index is 5.71. The lowest BCUT2D eigenvalue weighted by molar-refractivity contribution is 0.354. The zero-order chi connectivity index (χ0) is 13.1. The molecule has 1 aromatic carbocycles. The predicted molar refractivity (Wildman–Crippen MR) is 76.2 cm³/mol. The molecule has 0 amide bonds. The number of hydrogen-bond acceptors (Lipinski definition) is 2. The highest BCUT2D eigenvalue weighted by atomic mass is 14.9. The van der Waals surface area contributed by atoms with Crippen LogP contribution in [0.4, 0.5) is 5.69 Å². The largest absolute Gasteiger partial charge is 0.399 e. The van der Waals surface area contributed by atoms with Crippen LogP contribution in [0.5, 0.6) is 0 Å². The molecule has 2 heteroatoms. The Morgan fingerprint density at radius 1 is 0.941 bits per heavy atom. The first-order valence-electron chi connectivity index (χ1n) is 6.27. The van der Waals surface area contributed by atoms with Gasteiger partial charge in [-0.25, -0.2) is 0 Å². The van der Waals surface area contributed by atoms with Crippen LogP contribution in [0.2, 0.25) is 0 Å². The van der Waals surface area contributed by atoms with Crippen molar-refractivity contribution in [2.24, 2.45) is 5.41 Å². The third kappa shape index (κ3) is 4.78. The second kappa shape index (κ2) is 5.09. The van der Waals surface area contributed by atoms with E-state index in [-0.39, 0.29) is 5.41 Å². The molecule has 1 rings (SSSR count). The van der Waals surface area contributed by atoms with Gasteiger partial charge >= 0.3 is 0 Å². The quantitative estimate of drug-likeness (QED) is 0.785. The van der Waals surface area contributed by atoms with Crippen LogP contribution in [0, 0.1) is 5.41 Å². The minimum atomic E-state index is 0.138. The van der Waals surface area contributed by atoms with Gasteiger partial charge in [0.15, 0.2) is 0 Å². The predicted octanol–water partition coefficient (Wildman–Crippen LogP) is 3.18. The standard InChI is InChI=1S/C15H26N2/c1-14(2,3)10-17-11-15(4,5)12-6-8-13(16)9-7-12/h6-9,17H,10-11,16H2,1-5H3. The fourth-order valence-corrected chi connectivity index (χ4v) is 1.79. The topological polar surface area (TPSA) is 38.0 Å². The highest BCUT2D eigenvalue weighted by molar-refractivity contribution is 5.41. The van der Waals surface area contributed by atoms with Gasteiger partial charge < -0.3 is 11.1 Å². The Morgan fingerprint density at radius 2 is 1.47 bits per heavy atom. The van der Waals surface area contributed by atoms with Gasteiger partial charge in [0, 0.05) is 24.2 Å². The fraction of sp³-hybridized carbons (Fsp3) is 0.600. The lowest BCUT2D eigenvalue weighted by Gasteiger charge is -2.28. The molecule has 0 bridgehead atoms. The first-order valence-corrected chi connectivity index (χ1v) is 6.27. The summed E-state index contributed by atoms with van der Waals surface area (Å²) in [6, 6.07) is 8.18. The molecule has 0 unspecified atom stereocenters. The minimum Gasteiger partial charge on any atom is -0.399 e. The van der Waals surface area contributed by atoms with Crippen molar-refractivity contribution in [3.63, 3.8) is 0 Å². The molecule has 0 atom stereocenters. The van der Waals surface area contributed by atoms with Gasteiger partial charge in [-0.3, -0.25) is 0 Å². The van der Waals surface area contributed by atoms with Crippen molar-refractivity contribution in [3.05, 3.63) is 29.8 Å². The Bertz CT molecular complexity index is 344. The van der Waals surface area contributed by atoms with Gasteiger partial charge in [-0.2, -0.15) is 0 Å². The van der Waals surface area contributed by atoms with Gasteiger partial charge in [-0.1, -0.05) is 46.8 Å². The van der Waals surface area contributed by atoms with Crippen molar-refractivity contribution < 1.29 is 0 Å². The van der Waals surface area contributed by atoms with Gasteiger partial charge in [0.1, 0.15) is 0 Å². The molecule has 0 fully saturated rings. The normalized spacial score (nSPS) is 12.8. The van der Waals surface area contributed by atoms with Crippen LogP contribution in [-0.4, -0.2) is 13.1 Å². The molecule has 0 aromatic heterocycles. The van der Waals surface area contributed by atoms with Crippen molar-refractivity contribution in [2.45, 2.75) is 40.0 Å². The second-order valence-electron chi connectivity index (χ2n) is 6.67. The van der Waals surface area contributed by atoms with Crippen molar-refractivity contribution in [1.82, 2.24) is 5.32 Å². The molecular formula is C15H26N2. The number of benzene rings is 1. The molecule has 0 saturated carbocycles. The number of rotatable bonds is 4. The molecule has 17 heavy (non-hydrogen) atoms. The maximum Gasteiger partial charge on any atom is 0.0314 e. The van der Waals surface area contributed by atoms with E-state index < -0.39 is 0 Å². The smallest absolute Gasteiger partial charge is 0.0314 e. The Balaban J connectivity index is 2.59. The first-order chi connectivity index (χ1) is 7.71. The first kappa shape index (κ1) is 14.0. The second-order valence-corrected chi connectivity index (χ2v) is 6.67. The highest BCUT2D eigenvalue weighted by Crippen LogP contribution is 2.23. The van der Waals surface area contributed by atoms with Crippen LogP contribution < -0.4 is 11.1 Å². The number of nitrogens with one attached hydrogen (secondary N) is 1. The molecule has 0 heterocycles. The summed E-state index contributed by atoms with van der Waals surface area (Å²) in [4.78, 5) is 0. The molecule has 0 radical (unpaired) electrons. The summed E-state index contributed by atoms with van der Waals surface area (Å²) in [5.74, 6) is 0. The molecule has 3 N–H and O–H groups in total. The van der Waals surface area contributed by atoms with Crippen LogP contribution >= 0.6 is 0 Å². The minimum absolute atomic E-state index is 0.138. The van der Waals surface area contributed by atoms with E-state index in [1.54, 1.807) is 0 Å². The van der Waals surface area contributed by atoms with E-state index in [1.807, 2.05) is 12.1 Å². The van der Waals surface area contributed by atoms with Gasteiger partial charge in [-0.15, -0.1) is 0 Å². The molecular weight excluding hydrogens is 208 g/mol. The molecule has 0 spiro atoms. The average molecular weight is 234 g/mol. The van der Waals surface area contributed by atoms with Crippen molar-refractivity contribution in [3.8, 4) is 0 Å². The van der Waals surface area contributed by atoms with Crippen LogP contribution in [0.1, 0.15) is 40.2 Å². The lowest BCUT2D eigenvalue weighted by atomic mass is 9.84. The average Bonchev–Trinajstić information content (AvgIpc) is 2.15.